The van der Waals surface area contributed by atoms with E-state index in [-0.39, 0.29) is 0 Å². The topological polar surface area (TPSA) is 61.9 Å². The van der Waals surface area contributed by atoms with E-state index in [2.05, 4.69) is 10.2 Å². The third-order valence-corrected chi connectivity index (χ3v) is 6.61. The second-order valence-electron chi connectivity index (χ2n) is 6.41. The maximum Gasteiger partial charge on any atom is 0.243 e. The van der Waals surface area contributed by atoms with E-state index in [1.165, 1.54) is 0 Å². The molecule has 2 heterocycles. The van der Waals surface area contributed by atoms with Crippen LogP contribution >= 0.6 is 0 Å². The van der Waals surface area contributed by atoms with Gasteiger partial charge in [-0.2, -0.15) is 4.31 Å². The Morgan fingerprint density at radius 2 is 1.88 bits per heavy atom. The lowest BCUT2D eigenvalue weighted by Crippen LogP contribution is -2.49. The van der Waals surface area contributed by atoms with E-state index >= 15 is 0 Å². The average Bonchev–Trinajstić information content (AvgIpc) is 3.12. The van der Waals surface area contributed by atoms with Crippen LogP contribution in [-0.4, -0.2) is 69.5 Å². The number of nitrogens with one attached hydrogen (secondary N) is 1. The van der Waals surface area contributed by atoms with Crippen molar-refractivity contribution in [3.05, 3.63) is 24.3 Å². The van der Waals surface area contributed by atoms with Crippen LogP contribution in [0.15, 0.2) is 29.2 Å². The number of benzene rings is 1. The smallest absolute Gasteiger partial charge is 0.243 e. The van der Waals surface area contributed by atoms with E-state index in [0.29, 0.717) is 30.6 Å². The fourth-order valence-corrected chi connectivity index (χ4v) is 4.84. The zero-order valence-electron chi connectivity index (χ0n) is 14.3. The lowest BCUT2D eigenvalue weighted by molar-refractivity contribution is 0.179. The van der Waals surface area contributed by atoms with Gasteiger partial charge in [-0.25, -0.2) is 8.42 Å². The first kappa shape index (κ1) is 17.7. The molecule has 0 bridgehead atoms. The minimum absolute atomic E-state index is 0.342. The average molecular weight is 353 g/mol. The Morgan fingerprint density at radius 3 is 2.54 bits per heavy atom. The molecular weight excluding hydrogens is 326 g/mol. The Morgan fingerprint density at radius 1 is 1.17 bits per heavy atom. The van der Waals surface area contributed by atoms with Crippen molar-refractivity contribution in [2.45, 2.75) is 30.7 Å². The second kappa shape index (κ2) is 7.82. The molecule has 3 rings (SSSR count). The van der Waals surface area contributed by atoms with Crippen molar-refractivity contribution >= 4 is 10.0 Å². The minimum atomic E-state index is -3.41. The highest BCUT2D eigenvalue weighted by Gasteiger charge is 2.35. The highest BCUT2D eigenvalue weighted by molar-refractivity contribution is 7.89. The Balaban J connectivity index is 1.64. The lowest BCUT2D eigenvalue weighted by Gasteiger charge is -2.32. The molecule has 0 spiro atoms. The fraction of sp³-hybridized carbons (Fsp3) is 0.647. The zero-order valence-corrected chi connectivity index (χ0v) is 15.1. The van der Waals surface area contributed by atoms with Crippen molar-refractivity contribution in [2.75, 3.05) is 45.9 Å². The summed E-state index contributed by atoms with van der Waals surface area (Å²) in [5, 5.41) is 3.34. The highest BCUT2D eigenvalue weighted by atomic mass is 32.2. The standard InChI is InChI=1S/C17H27N3O3S/c1-2-13-23-16-3-5-17(6-4-16)24(21,22)20-10-7-15(14-20)19-11-8-18-9-12-19/h3-6,15,18H,2,7-14H2,1H3. The van der Waals surface area contributed by atoms with Gasteiger partial charge in [0.1, 0.15) is 5.75 Å². The number of hydrogen-bond donors (Lipinski definition) is 1. The van der Waals surface area contributed by atoms with Crippen LogP contribution in [0.1, 0.15) is 19.8 Å². The first-order chi connectivity index (χ1) is 11.6. The second-order valence-corrected chi connectivity index (χ2v) is 8.35. The fourth-order valence-electron chi connectivity index (χ4n) is 3.35. The van der Waals surface area contributed by atoms with Gasteiger partial charge in [-0.05, 0) is 37.1 Å². The molecule has 1 atom stereocenters. The summed E-state index contributed by atoms with van der Waals surface area (Å²) in [6.45, 7) is 7.86. The van der Waals surface area contributed by atoms with Gasteiger partial charge in [0.2, 0.25) is 10.0 Å². The van der Waals surface area contributed by atoms with Gasteiger partial charge in [0.05, 0.1) is 11.5 Å². The van der Waals surface area contributed by atoms with Crippen LogP contribution in [0.5, 0.6) is 5.75 Å². The molecule has 0 aromatic heterocycles. The number of ether oxygens (including phenoxy) is 1. The number of hydrogen-bond acceptors (Lipinski definition) is 5. The van der Waals surface area contributed by atoms with E-state index in [1.54, 1.807) is 28.6 Å². The van der Waals surface area contributed by atoms with Crippen LogP contribution < -0.4 is 10.1 Å². The van der Waals surface area contributed by atoms with Crippen LogP contribution in [0.2, 0.25) is 0 Å². The molecule has 24 heavy (non-hydrogen) atoms. The predicted molar refractivity (Wildman–Crippen MR) is 93.8 cm³/mol. The Kier molecular flexibility index (Phi) is 5.76. The molecule has 1 N–H and O–H groups in total. The number of sulfonamides is 1. The molecule has 1 aromatic carbocycles. The number of piperazine rings is 1. The molecule has 0 radical (unpaired) electrons. The first-order valence-corrected chi connectivity index (χ1v) is 10.2. The van der Waals surface area contributed by atoms with Crippen molar-refractivity contribution < 1.29 is 13.2 Å². The third-order valence-electron chi connectivity index (χ3n) is 4.73. The highest BCUT2D eigenvalue weighted by Crippen LogP contribution is 2.25. The normalized spacial score (nSPS) is 23.5. The molecule has 2 aliphatic heterocycles. The summed E-state index contributed by atoms with van der Waals surface area (Å²) >= 11 is 0. The van der Waals surface area contributed by atoms with Crippen LogP contribution in [0.4, 0.5) is 0 Å². The first-order valence-electron chi connectivity index (χ1n) is 8.79. The van der Waals surface area contributed by atoms with Crippen LogP contribution in [-0.2, 0) is 10.0 Å². The van der Waals surface area contributed by atoms with Crippen molar-refractivity contribution in [2.24, 2.45) is 0 Å². The predicted octanol–water partition coefficient (Wildman–Crippen LogP) is 1.14. The number of nitrogens with zero attached hydrogens (tertiary/aromatic N) is 2. The van der Waals surface area contributed by atoms with Gasteiger partial charge in [-0.15, -0.1) is 0 Å². The molecule has 134 valence electrons. The van der Waals surface area contributed by atoms with Crippen molar-refractivity contribution in [3.8, 4) is 5.75 Å². The molecule has 7 heteroatoms. The van der Waals surface area contributed by atoms with Gasteiger partial charge < -0.3 is 10.1 Å². The molecular formula is C17H27N3O3S. The molecule has 2 saturated heterocycles. The maximum absolute atomic E-state index is 12.8. The third kappa shape index (κ3) is 3.91. The SMILES string of the molecule is CCCOc1ccc(S(=O)(=O)N2CCC(N3CCNCC3)C2)cc1. The van der Waals surface area contributed by atoms with E-state index in [0.717, 1.165) is 44.8 Å². The van der Waals surface area contributed by atoms with Gasteiger partial charge in [-0.1, -0.05) is 6.92 Å². The van der Waals surface area contributed by atoms with Crippen molar-refractivity contribution in [1.29, 1.82) is 0 Å². The van der Waals surface area contributed by atoms with E-state index in [4.69, 9.17) is 4.74 Å². The van der Waals surface area contributed by atoms with Crippen LogP contribution in [0.25, 0.3) is 0 Å². The summed E-state index contributed by atoms with van der Waals surface area (Å²) in [7, 11) is -3.41. The van der Waals surface area contributed by atoms with E-state index < -0.39 is 10.0 Å². The van der Waals surface area contributed by atoms with Crippen LogP contribution in [0, 0.1) is 0 Å². The van der Waals surface area contributed by atoms with E-state index in [1.807, 2.05) is 6.92 Å². The van der Waals surface area contributed by atoms with Crippen molar-refractivity contribution in [1.82, 2.24) is 14.5 Å². The Hall–Kier alpha value is -1.15. The molecule has 6 nitrogen and oxygen atoms in total. The lowest BCUT2D eigenvalue weighted by atomic mass is 10.2. The molecule has 1 aromatic rings. The summed E-state index contributed by atoms with van der Waals surface area (Å²) in [5.41, 5.74) is 0. The summed E-state index contributed by atoms with van der Waals surface area (Å²) in [5.74, 6) is 0.718. The van der Waals surface area contributed by atoms with Crippen molar-refractivity contribution in [3.63, 3.8) is 0 Å². The molecule has 0 saturated carbocycles. The monoisotopic (exact) mass is 353 g/mol. The molecule has 2 aliphatic rings. The number of rotatable bonds is 6. The summed E-state index contributed by atoms with van der Waals surface area (Å²) in [6.07, 6.45) is 1.85. The van der Waals surface area contributed by atoms with Gasteiger partial charge in [0.15, 0.2) is 0 Å². The van der Waals surface area contributed by atoms with Gasteiger partial charge in [-0.3, -0.25) is 4.90 Å². The molecule has 2 fully saturated rings. The van der Waals surface area contributed by atoms with Gasteiger partial charge >= 0.3 is 0 Å². The minimum Gasteiger partial charge on any atom is -0.494 e. The summed E-state index contributed by atoms with van der Waals surface area (Å²) in [6, 6.07) is 7.13. The summed E-state index contributed by atoms with van der Waals surface area (Å²) in [4.78, 5) is 2.76. The molecule has 1 unspecified atom stereocenters. The largest absolute Gasteiger partial charge is 0.494 e. The Labute approximate surface area is 144 Å². The molecule has 0 amide bonds. The zero-order chi connectivity index (χ0) is 17.0. The Bertz CT molecular complexity index is 627. The quantitative estimate of drug-likeness (QED) is 0.831. The molecule has 0 aliphatic carbocycles. The van der Waals surface area contributed by atoms with Gasteiger partial charge in [0.25, 0.3) is 0 Å². The van der Waals surface area contributed by atoms with E-state index in [9.17, 15) is 8.42 Å². The van der Waals surface area contributed by atoms with Gasteiger partial charge in [0, 0.05) is 45.3 Å². The maximum atomic E-state index is 12.8. The van der Waals surface area contributed by atoms with Crippen LogP contribution in [0.3, 0.4) is 0 Å². The summed E-state index contributed by atoms with van der Waals surface area (Å²) < 4.78 is 32.8.